The molecule has 0 aromatic carbocycles. The zero-order valence-electron chi connectivity index (χ0n) is 2.42. The number of hydrogen-bond donors (Lipinski definition) is 0. The first-order valence-electron chi connectivity index (χ1n) is 0. The SMILES string of the molecule is O.[Ca+2].[Ni].[OH-].[OH-]. The molecule has 0 unspecified atom stereocenters. The first-order chi connectivity index (χ1) is 0. The smallest absolute Gasteiger partial charge is 0.870 e. The van der Waals surface area contributed by atoms with Crippen LogP contribution in [0.4, 0.5) is 0 Å². The standard InChI is InChI=1S/Ca.Ni.3H2O/h;;3*1H2/q+2;;;;/p-2. The minimum absolute atomic E-state index is 0. The van der Waals surface area contributed by atoms with Crippen molar-refractivity contribution in [2.24, 2.45) is 0 Å². The van der Waals surface area contributed by atoms with Gasteiger partial charge >= 0.3 is 37.7 Å². The molecule has 3 nitrogen and oxygen atoms in total. The van der Waals surface area contributed by atoms with Crippen LogP contribution in [0, 0.1) is 0 Å². The van der Waals surface area contributed by atoms with Crippen molar-refractivity contribution in [3.63, 3.8) is 0 Å². The zero-order valence-corrected chi connectivity index (χ0v) is 5.61. The third-order valence-corrected chi connectivity index (χ3v) is 0. The zero-order chi connectivity index (χ0) is 0. The monoisotopic (exact) mass is 150 g/mol. The van der Waals surface area contributed by atoms with Crippen LogP contribution in [0.25, 0.3) is 0 Å². The first kappa shape index (κ1) is 78.9. The van der Waals surface area contributed by atoms with E-state index in [9.17, 15) is 0 Å². The summed E-state index contributed by atoms with van der Waals surface area (Å²) in [6, 6.07) is 0. The third kappa shape index (κ3) is 27.9. The summed E-state index contributed by atoms with van der Waals surface area (Å²) in [5.41, 5.74) is 0. The fraction of sp³-hybridized carbons (Fsp3) is 0. The van der Waals surface area contributed by atoms with E-state index in [-0.39, 0.29) is 70.7 Å². The maximum atomic E-state index is 0. The maximum absolute atomic E-state index is 0. The molecule has 0 aliphatic heterocycles. The minimum atomic E-state index is 0. The van der Waals surface area contributed by atoms with E-state index >= 15 is 0 Å². The summed E-state index contributed by atoms with van der Waals surface area (Å²) in [5.74, 6) is 0. The summed E-state index contributed by atoms with van der Waals surface area (Å²) in [7, 11) is 0. The quantitative estimate of drug-likeness (QED) is 0.391. The van der Waals surface area contributed by atoms with Gasteiger partial charge in [-0.1, -0.05) is 0 Å². The van der Waals surface area contributed by atoms with Crippen molar-refractivity contribution >= 4 is 37.7 Å². The topological polar surface area (TPSA) is 91.5 Å². The molecule has 0 aliphatic rings. The van der Waals surface area contributed by atoms with Gasteiger partial charge in [-0.25, -0.2) is 0 Å². The molecule has 0 amide bonds. The Morgan fingerprint density at radius 1 is 0.800 bits per heavy atom. The molecular formula is H4CaNiO3. The molecule has 0 saturated carbocycles. The van der Waals surface area contributed by atoms with Crippen LogP contribution in [0.2, 0.25) is 0 Å². The molecule has 0 bridgehead atoms. The van der Waals surface area contributed by atoms with Gasteiger partial charge in [-0.3, -0.25) is 0 Å². The van der Waals surface area contributed by atoms with Crippen LogP contribution in [-0.4, -0.2) is 54.2 Å². The van der Waals surface area contributed by atoms with Gasteiger partial charge in [0.2, 0.25) is 0 Å². The van der Waals surface area contributed by atoms with Crippen molar-refractivity contribution in [1.82, 2.24) is 0 Å². The Balaban J connectivity index is 0. The normalized spacial score (nSPS) is 0. The molecule has 0 aromatic heterocycles. The molecule has 34 valence electrons. The van der Waals surface area contributed by atoms with Crippen LogP contribution in [0.1, 0.15) is 0 Å². The van der Waals surface area contributed by atoms with Gasteiger partial charge in [-0.2, -0.15) is 0 Å². The van der Waals surface area contributed by atoms with Gasteiger partial charge in [-0.15, -0.1) is 0 Å². The van der Waals surface area contributed by atoms with Gasteiger partial charge in [0, 0.05) is 16.5 Å². The molecule has 0 rings (SSSR count). The summed E-state index contributed by atoms with van der Waals surface area (Å²) in [6.07, 6.45) is 0. The van der Waals surface area contributed by atoms with Crippen molar-refractivity contribution in [2.45, 2.75) is 0 Å². The summed E-state index contributed by atoms with van der Waals surface area (Å²) in [5, 5.41) is 0. The molecule has 0 saturated heterocycles. The maximum Gasteiger partial charge on any atom is 2.00 e. The van der Waals surface area contributed by atoms with E-state index in [4.69, 9.17) is 0 Å². The van der Waals surface area contributed by atoms with E-state index in [1.807, 2.05) is 0 Å². The Kier molecular flexibility index (Phi) is 715. The van der Waals surface area contributed by atoms with Crippen LogP contribution in [0.5, 0.6) is 0 Å². The Morgan fingerprint density at radius 3 is 0.800 bits per heavy atom. The van der Waals surface area contributed by atoms with Crippen molar-refractivity contribution in [1.29, 1.82) is 0 Å². The molecule has 5 heteroatoms. The van der Waals surface area contributed by atoms with E-state index in [2.05, 4.69) is 0 Å². The third-order valence-electron chi connectivity index (χ3n) is 0. The second-order valence-corrected chi connectivity index (χ2v) is 0. The Bertz CT molecular complexity index is 6.85. The van der Waals surface area contributed by atoms with E-state index in [1.54, 1.807) is 0 Å². The molecule has 0 fully saturated rings. The molecular weight excluding hydrogens is 147 g/mol. The van der Waals surface area contributed by atoms with Crippen LogP contribution >= 0.6 is 0 Å². The second-order valence-electron chi connectivity index (χ2n) is 0. The molecule has 0 spiro atoms. The van der Waals surface area contributed by atoms with E-state index < -0.39 is 0 Å². The average Bonchev–Trinajstić information content (AvgIpc) is 0. The van der Waals surface area contributed by atoms with Gasteiger partial charge in [-0.05, 0) is 0 Å². The van der Waals surface area contributed by atoms with E-state index in [1.165, 1.54) is 0 Å². The van der Waals surface area contributed by atoms with E-state index in [0.717, 1.165) is 0 Å². The molecule has 0 aromatic rings. The van der Waals surface area contributed by atoms with Gasteiger partial charge in [0.25, 0.3) is 0 Å². The van der Waals surface area contributed by atoms with Crippen LogP contribution in [0.15, 0.2) is 0 Å². The molecule has 0 heterocycles. The van der Waals surface area contributed by atoms with Crippen molar-refractivity contribution in [2.75, 3.05) is 0 Å². The van der Waals surface area contributed by atoms with Gasteiger partial charge < -0.3 is 16.4 Å². The van der Waals surface area contributed by atoms with Crippen molar-refractivity contribution in [3.8, 4) is 0 Å². The average molecular weight is 151 g/mol. The summed E-state index contributed by atoms with van der Waals surface area (Å²) in [6.45, 7) is 0. The van der Waals surface area contributed by atoms with Crippen molar-refractivity contribution < 1.29 is 32.9 Å². The second kappa shape index (κ2) is 45.3. The van der Waals surface area contributed by atoms with Crippen molar-refractivity contribution in [3.05, 3.63) is 0 Å². The van der Waals surface area contributed by atoms with Crippen LogP contribution in [0.3, 0.4) is 0 Å². The Hall–Kier alpha value is 1.63. The van der Waals surface area contributed by atoms with Gasteiger partial charge in [0.1, 0.15) is 0 Å². The predicted molar refractivity (Wildman–Crippen MR) is 13.2 cm³/mol. The van der Waals surface area contributed by atoms with E-state index in [0.29, 0.717) is 0 Å². The predicted octanol–water partition coefficient (Wildman–Crippen LogP) is -1.56. The number of hydrogen-bond acceptors (Lipinski definition) is 2. The minimum Gasteiger partial charge on any atom is -0.870 e. The molecule has 0 atom stereocenters. The molecule has 0 aliphatic carbocycles. The Morgan fingerprint density at radius 2 is 0.800 bits per heavy atom. The fourth-order valence-corrected chi connectivity index (χ4v) is 0. The van der Waals surface area contributed by atoms with Gasteiger partial charge in [0.15, 0.2) is 0 Å². The molecule has 4 N–H and O–H groups in total. The number of rotatable bonds is 0. The Labute approximate surface area is 70.0 Å². The summed E-state index contributed by atoms with van der Waals surface area (Å²) in [4.78, 5) is 0. The van der Waals surface area contributed by atoms with Crippen LogP contribution in [-0.2, 0) is 16.5 Å². The largest absolute Gasteiger partial charge is 2.00 e. The first-order valence-corrected chi connectivity index (χ1v) is 0. The molecule has 0 radical (unpaired) electrons. The van der Waals surface area contributed by atoms with Gasteiger partial charge in [0.05, 0.1) is 0 Å². The molecule has 5 heavy (non-hydrogen) atoms. The summed E-state index contributed by atoms with van der Waals surface area (Å²) < 4.78 is 0. The fourth-order valence-electron chi connectivity index (χ4n) is 0. The summed E-state index contributed by atoms with van der Waals surface area (Å²) >= 11 is 0. The van der Waals surface area contributed by atoms with Crippen LogP contribution < -0.4 is 0 Å².